The standard InChI is InChI=1S/C14H18INO3/c1-14(2,3)16(8-7-12(17)18)13(19)10-5-4-6-11(15)9-10/h4-6,9H,7-8H2,1-3H3,(H,17,18). The van der Waals surface area contributed by atoms with Crippen LogP contribution in [0, 0.1) is 3.57 Å². The third kappa shape index (κ3) is 4.81. The van der Waals surface area contributed by atoms with Crippen molar-refractivity contribution < 1.29 is 14.7 Å². The summed E-state index contributed by atoms with van der Waals surface area (Å²) in [5, 5.41) is 8.79. The fourth-order valence-corrected chi connectivity index (χ4v) is 2.27. The molecule has 0 unspecified atom stereocenters. The Balaban J connectivity index is 2.97. The Morgan fingerprint density at radius 2 is 1.95 bits per heavy atom. The van der Waals surface area contributed by atoms with Crippen LogP contribution < -0.4 is 0 Å². The summed E-state index contributed by atoms with van der Waals surface area (Å²) < 4.78 is 0.982. The van der Waals surface area contributed by atoms with E-state index in [0.717, 1.165) is 3.57 Å². The largest absolute Gasteiger partial charge is 0.481 e. The second-order valence-corrected chi connectivity index (χ2v) is 6.53. The summed E-state index contributed by atoms with van der Waals surface area (Å²) in [7, 11) is 0. The molecule has 0 saturated heterocycles. The number of carboxylic acids is 1. The van der Waals surface area contributed by atoms with Crippen LogP contribution in [0.15, 0.2) is 24.3 Å². The van der Waals surface area contributed by atoms with Gasteiger partial charge in [0.05, 0.1) is 6.42 Å². The molecule has 0 radical (unpaired) electrons. The van der Waals surface area contributed by atoms with Gasteiger partial charge in [0.25, 0.3) is 5.91 Å². The van der Waals surface area contributed by atoms with Crippen molar-refractivity contribution in [2.45, 2.75) is 32.7 Å². The molecule has 0 saturated carbocycles. The first-order valence-corrected chi connectivity index (χ1v) is 7.09. The maximum absolute atomic E-state index is 12.5. The van der Waals surface area contributed by atoms with Crippen molar-refractivity contribution in [3.8, 4) is 0 Å². The zero-order valence-electron chi connectivity index (χ0n) is 11.3. The lowest BCUT2D eigenvalue weighted by atomic mass is 10.0. The van der Waals surface area contributed by atoms with Crippen LogP contribution in [0.1, 0.15) is 37.6 Å². The molecule has 4 nitrogen and oxygen atoms in total. The molecule has 5 heteroatoms. The molecule has 0 aromatic heterocycles. The van der Waals surface area contributed by atoms with E-state index in [0.29, 0.717) is 5.56 Å². The Hall–Kier alpha value is -1.11. The highest BCUT2D eigenvalue weighted by molar-refractivity contribution is 14.1. The summed E-state index contributed by atoms with van der Waals surface area (Å²) in [6.45, 7) is 5.92. The van der Waals surface area contributed by atoms with Gasteiger partial charge < -0.3 is 10.0 Å². The van der Waals surface area contributed by atoms with Gasteiger partial charge in [0.2, 0.25) is 0 Å². The molecule has 19 heavy (non-hydrogen) atoms. The quantitative estimate of drug-likeness (QED) is 0.824. The van der Waals surface area contributed by atoms with Crippen molar-refractivity contribution in [3.05, 3.63) is 33.4 Å². The van der Waals surface area contributed by atoms with E-state index in [4.69, 9.17) is 5.11 Å². The van der Waals surface area contributed by atoms with E-state index in [1.165, 1.54) is 0 Å². The first-order chi connectivity index (χ1) is 8.71. The van der Waals surface area contributed by atoms with Crippen molar-refractivity contribution in [1.82, 2.24) is 4.90 Å². The van der Waals surface area contributed by atoms with Gasteiger partial charge in [-0.1, -0.05) is 6.07 Å². The second-order valence-electron chi connectivity index (χ2n) is 5.28. The first-order valence-electron chi connectivity index (χ1n) is 6.01. The highest BCUT2D eigenvalue weighted by Gasteiger charge is 2.27. The van der Waals surface area contributed by atoms with Gasteiger partial charge in [-0.3, -0.25) is 9.59 Å². The average molecular weight is 375 g/mol. The molecule has 1 aromatic carbocycles. The van der Waals surface area contributed by atoms with Gasteiger partial charge in [-0.2, -0.15) is 0 Å². The molecule has 1 aromatic rings. The summed E-state index contributed by atoms with van der Waals surface area (Å²) in [6, 6.07) is 7.30. The average Bonchev–Trinajstić information content (AvgIpc) is 2.26. The van der Waals surface area contributed by atoms with Crippen LogP contribution in [0.2, 0.25) is 0 Å². The van der Waals surface area contributed by atoms with Crippen LogP contribution in [0.25, 0.3) is 0 Å². The third-order valence-corrected chi connectivity index (χ3v) is 3.35. The fourth-order valence-electron chi connectivity index (χ4n) is 1.73. The van der Waals surface area contributed by atoms with Gasteiger partial charge in [0.15, 0.2) is 0 Å². The van der Waals surface area contributed by atoms with Crippen molar-refractivity contribution in [1.29, 1.82) is 0 Å². The van der Waals surface area contributed by atoms with Gasteiger partial charge in [-0.05, 0) is 61.6 Å². The van der Waals surface area contributed by atoms with Crippen molar-refractivity contribution in [2.75, 3.05) is 6.54 Å². The number of amides is 1. The SMILES string of the molecule is CC(C)(C)N(CCC(=O)O)C(=O)c1cccc(I)c1. The van der Waals surface area contributed by atoms with Crippen LogP contribution in [-0.4, -0.2) is 34.0 Å². The number of carbonyl (C=O) groups excluding carboxylic acids is 1. The summed E-state index contributed by atoms with van der Waals surface area (Å²) in [4.78, 5) is 24.8. The van der Waals surface area contributed by atoms with Crippen molar-refractivity contribution in [2.24, 2.45) is 0 Å². The Bertz CT molecular complexity index is 480. The van der Waals surface area contributed by atoms with Crippen LogP contribution in [0.3, 0.4) is 0 Å². The van der Waals surface area contributed by atoms with Crippen LogP contribution in [0.4, 0.5) is 0 Å². The number of rotatable bonds is 4. The summed E-state index contributed by atoms with van der Waals surface area (Å²) >= 11 is 2.15. The number of carbonyl (C=O) groups is 2. The Kier molecular flexibility index (Phi) is 5.34. The molecule has 0 fully saturated rings. The van der Waals surface area contributed by atoms with Gasteiger partial charge in [-0.25, -0.2) is 0 Å². The molecule has 0 bridgehead atoms. The lowest BCUT2D eigenvalue weighted by Gasteiger charge is -2.35. The summed E-state index contributed by atoms with van der Waals surface area (Å²) in [5.41, 5.74) is 0.181. The number of benzene rings is 1. The molecule has 0 aliphatic rings. The van der Waals surface area contributed by atoms with E-state index >= 15 is 0 Å². The normalized spacial score (nSPS) is 11.2. The summed E-state index contributed by atoms with van der Waals surface area (Å²) in [6.07, 6.45) is -0.0487. The number of aliphatic carboxylic acids is 1. The molecule has 1 rings (SSSR count). The second kappa shape index (κ2) is 6.36. The highest BCUT2D eigenvalue weighted by Crippen LogP contribution is 2.19. The molecule has 1 N–H and O–H groups in total. The van der Waals surface area contributed by atoms with Gasteiger partial charge in [0.1, 0.15) is 0 Å². The van der Waals surface area contributed by atoms with Crippen molar-refractivity contribution in [3.63, 3.8) is 0 Å². The molecule has 0 aliphatic heterocycles. The van der Waals surface area contributed by atoms with Crippen LogP contribution in [0.5, 0.6) is 0 Å². The van der Waals surface area contributed by atoms with Gasteiger partial charge >= 0.3 is 5.97 Å². The number of halogens is 1. The molecule has 1 amide bonds. The maximum Gasteiger partial charge on any atom is 0.305 e. The molecular formula is C14H18INO3. The number of nitrogens with zero attached hydrogens (tertiary/aromatic N) is 1. The fraction of sp³-hybridized carbons (Fsp3) is 0.429. The molecular weight excluding hydrogens is 357 g/mol. The highest BCUT2D eigenvalue weighted by atomic mass is 127. The lowest BCUT2D eigenvalue weighted by Crippen LogP contribution is -2.46. The first kappa shape index (κ1) is 15.9. The van der Waals surface area contributed by atoms with E-state index < -0.39 is 11.5 Å². The number of carboxylic acid groups (broad SMARTS) is 1. The van der Waals surface area contributed by atoms with Gasteiger partial charge in [0, 0.05) is 21.2 Å². The van der Waals surface area contributed by atoms with E-state index in [-0.39, 0.29) is 18.9 Å². The van der Waals surface area contributed by atoms with Gasteiger partial charge in [-0.15, -0.1) is 0 Å². The molecule has 0 aliphatic carbocycles. The predicted octanol–water partition coefficient (Wildman–Crippen LogP) is 3.01. The Morgan fingerprint density at radius 3 is 2.42 bits per heavy atom. The predicted molar refractivity (Wildman–Crippen MR) is 82.2 cm³/mol. The minimum Gasteiger partial charge on any atom is -0.481 e. The summed E-state index contributed by atoms with van der Waals surface area (Å²) in [5.74, 6) is -1.03. The smallest absolute Gasteiger partial charge is 0.305 e. The lowest BCUT2D eigenvalue weighted by molar-refractivity contribution is -0.137. The molecule has 104 valence electrons. The van der Waals surface area contributed by atoms with Crippen LogP contribution >= 0.6 is 22.6 Å². The minimum absolute atomic E-state index is 0.0487. The maximum atomic E-state index is 12.5. The van der Waals surface area contributed by atoms with E-state index in [1.54, 1.807) is 11.0 Å². The monoisotopic (exact) mass is 375 g/mol. The Morgan fingerprint density at radius 1 is 1.32 bits per heavy atom. The Labute approximate surface area is 126 Å². The van der Waals surface area contributed by atoms with E-state index in [2.05, 4.69) is 22.6 Å². The molecule has 0 spiro atoms. The van der Waals surface area contributed by atoms with E-state index in [9.17, 15) is 9.59 Å². The third-order valence-electron chi connectivity index (χ3n) is 2.68. The number of hydrogen-bond donors (Lipinski definition) is 1. The van der Waals surface area contributed by atoms with Crippen LogP contribution in [-0.2, 0) is 4.79 Å². The topological polar surface area (TPSA) is 57.6 Å². The molecule has 0 heterocycles. The zero-order valence-corrected chi connectivity index (χ0v) is 13.5. The van der Waals surface area contributed by atoms with Crippen molar-refractivity contribution >= 4 is 34.5 Å². The zero-order chi connectivity index (χ0) is 14.6. The number of hydrogen-bond acceptors (Lipinski definition) is 2. The van der Waals surface area contributed by atoms with E-state index in [1.807, 2.05) is 39.0 Å². The minimum atomic E-state index is -0.898. The molecule has 0 atom stereocenters.